The van der Waals surface area contributed by atoms with Gasteiger partial charge in [0.05, 0.1) is 19.9 Å². The van der Waals surface area contributed by atoms with Gasteiger partial charge in [-0.15, -0.1) is 0 Å². The van der Waals surface area contributed by atoms with Crippen LogP contribution < -0.4 is 14.8 Å². The lowest BCUT2D eigenvalue weighted by atomic mass is 10.1. The first-order valence-corrected chi connectivity index (χ1v) is 8.77. The van der Waals surface area contributed by atoms with E-state index >= 15 is 0 Å². The van der Waals surface area contributed by atoms with Crippen molar-refractivity contribution < 1.29 is 14.3 Å². The van der Waals surface area contributed by atoms with Crippen LogP contribution in [-0.2, 0) is 11.2 Å². The van der Waals surface area contributed by atoms with Gasteiger partial charge >= 0.3 is 0 Å². The van der Waals surface area contributed by atoms with E-state index < -0.39 is 0 Å². The summed E-state index contributed by atoms with van der Waals surface area (Å²) in [5.74, 6) is 1.12. The second kappa shape index (κ2) is 7.65. The van der Waals surface area contributed by atoms with Gasteiger partial charge in [0.1, 0.15) is 0 Å². The van der Waals surface area contributed by atoms with Crippen LogP contribution in [0.25, 0.3) is 5.65 Å². The van der Waals surface area contributed by atoms with E-state index in [1.807, 2.05) is 31.4 Å². The van der Waals surface area contributed by atoms with E-state index in [-0.39, 0.29) is 5.91 Å². The highest BCUT2D eigenvalue weighted by Crippen LogP contribution is 2.29. The van der Waals surface area contributed by atoms with E-state index in [0.29, 0.717) is 30.0 Å². The van der Waals surface area contributed by atoms with Gasteiger partial charge in [0, 0.05) is 35.6 Å². The Hall–Kier alpha value is -3.09. The molecule has 2 aromatic heterocycles. The predicted molar refractivity (Wildman–Crippen MR) is 104 cm³/mol. The van der Waals surface area contributed by atoms with E-state index in [1.165, 1.54) is 0 Å². The van der Waals surface area contributed by atoms with E-state index in [2.05, 4.69) is 15.4 Å². The predicted octanol–water partition coefficient (Wildman–Crippen LogP) is 3.24. The summed E-state index contributed by atoms with van der Waals surface area (Å²) in [7, 11) is 3.14. The Morgan fingerprint density at radius 2 is 1.85 bits per heavy atom. The standard InChI is InChI=1S/C20H24N4O3/c1-12-10-19-21-13(2)16(14(3)24(19)23-12)7-9-20(25)22-15-6-8-17(26-4)18(11-15)27-5/h6,8,10-11H,7,9H2,1-5H3,(H,22,25). The molecule has 1 amide bonds. The minimum atomic E-state index is -0.0715. The molecule has 27 heavy (non-hydrogen) atoms. The van der Waals surface area contributed by atoms with Gasteiger partial charge in [0.15, 0.2) is 17.1 Å². The summed E-state index contributed by atoms with van der Waals surface area (Å²) in [5.41, 5.74) is 5.42. The van der Waals surface area contributed by atoms with Crippen molar-refractivity contribution in [3.05, 3.63) is 46.9 Å². The SMILES string of the molecule is COc1ccc(NC(=O)CCc2c(C)nc3cc(C)nn3c2C)cc1OC. The Kier molecular flexibility index (Phi) is 5.30. The normalized spacial score (nSPS) is 10.9. The van der Waals surface area contributed by atoms with Gasteiger partial charge in [0.2, 0.25) is 5.91 Å². The van der Waals surface area contributed by atoms with Crippen molar-refractivity contribution in [2.45, 2.75) is 33.6 Å². The number of aromatic nitrogens is 3. The molecule has 0 spiro atoms. The molecule has 0 saturated heterocycles. The number of fused-ring (bicyclic) bond motifs is 1. The van der Waals surface area contributed by atoms with Gasteiger partial charge in [-0.05, 0) is 44.9 Å². The van der Waals surface area contributed by atoms with Crippen LogP contribution in [0.5, 0.6) is 11.5 Å². The Bertz CT molecular complexity index is 995. The lowest BCUT2D eigenvalue weighted by Gasteiger charge is -2.12. The molecular formula is C20H24N4O3. The van der Waals surface area contributed by atoms with Crippen LogP contribution in [0, 0.1) is 20.8 Å². The minimum absolute atomic E-state index is 0.0715. The van der Waals surface area contributed by atoms with Gasteiger partial charge in [0.25, 0.3) is 0 Å². The average Bonchev–Trinajstić information content (AvgIpc) is 3.01. The van der Waals surface area contributed by atoms with Crippen molar-refractivity contribution in [2.75, 3.05) is 19.5 Å². The molecule has 2 heterocycles. The van der Waals surface area contributed by atoms with Crippen molar-refractivity contribution in [3.8, 4) is 11.5 Å². The molecule has 142 valence electrons. The zero-order valence-corrected chi connectivity index (χ0v) is 16.3. The molecule has 0 saturated carbocycles. The number of carbonyl (C=O) groups excluding carboxylic acids is 1. The molecule has 1 aromatic carbocycles. The van der Waals surface area contributed by atoms with E-state index in [9.17, 15) is 4.79 Å². The number of nitrogens with zero attached hydrogens (tertiary/aromatic N) is 3. The number of methoxy groups -OCH3 is 2. The minimum Gasteiger partial charge on any atom is -0.493 e. The zero-order valence-electron chi connectivity index (χ0n) is 16.3. The molecule has 0 radical (unpaired) electrons. The molecule has 3 rings (SSSR count). The van der Waals surface area contributed by atoms with Crippen LogP contribution in [0.2, 0.25) is 0 Å². The zero-order chi connectivity index (χ0) is 19.6. The molecular weight excluding hydrogens is 344 g/mol. The summed E-state index contributed by atoms with van der Waals surface area (Å²) in [6, 6.07) is 7.25. The Morgan fingerprint density at radius 1 is 1.11 bits per heavy atom. The fraction of sp³-hybridized carbons (Fsp3) is 0.350. The number of aryl methyl sites for hydroxylation is 3. The maximum absolute atomic E-state index is 12.4. The summed E-state index contributed by atoms with van der Waals surface area (Å²) in [4.78, 5) is 17.0. The van der Waals surface area contributed by atoms with Crippen molar-refractivity contribution in [1.82, 2.24) is 14.6 Å². The first-order chi connectivity index (χ1) is 12.9. The van der Waals surface area contributed by atoms with Gasteiger partial charge < -0.3 is 14.8 Å². The Morgan fingerprint density at radius 3 is 2.56 bits per heavy atom. The van der Waals surface area contributed by atoms with Crippen molar-refractivity contribution in [2.24, 2.45) is 0 Å². The first-order valence-electron chi connectivity index (χ1n) is 8.77. The van der Waals surface area contributed by atoms with Crippen LogP contribution in [0.3, 0.4) is 0 Å². The maximum atomic E-state index is 12.4. The molecule has 0 unspecified atom stereocenters. The topological polar surface area (TPSA) is 77.8 Å². The van der Waals surface area contributed by atoms with Gasteiger partial charge in [-0.2, -0.15) is 5.10 Å². The van der Waals surface area contributed by atoms with E-state index in [4.69, 9.17) is 9.47 Å². The molecule has 7 nitrogen and oxygen atoms in total. The van der Waals surface area contributed by atoms with Crippen LogP contribution in [-0.4, -0.2) is 34.7 Å². The summed E-state index contributed by atoms with van der Waals surface area (Å²) in [5, 5.41) is 7.37. The number of hydrogen-bond acceptors (Lipinski definition) is 5. The molecule has 0 aliphatic carbocycles. The van der Waals surface area contributed by atoms with Crippen molar-refractivity contribution in [3.63, 3.8) is 0 Å². The third-order valence-corrected chi connectivity index (χ3v) is 4.56. The fourth-order valence-corrected chi connectivity index (χ4v) is 3.18. The molecule has 0 aliphatic heterocycles. The Balaban J connectivity index is 1.72. The second-order valence-electron chi connectivity index (χ2n) is 6.43. The third kappa shape index (κ3) is 3.86. The van der Waals surface area contributed by atoms with Crippen molar-refractivity contribution in [1.29, 1.82) is 0 Å². The van der Waals surface area contributed by atoms with Crippen LogP contribution in [0.1, 0.15) is 29.1 Å². The number of benzene rings is 1. The summed E-state index contributed by atoms with van der Waals surface area (Å²) in [6.45, 7) is 5.92. The van der Waals surface area contributed by atoms with Gasteiger partial charge in [-0.3, -0.25) is 4.79 Å². The first kappa shape index (κ1) is 18.7. The van der Waals surface area contributed by atoms with E-state index in [0.717, 1.165) is 28.3 Å². The molecule has 0 aliphatic rings. The second-order valence-corrected chi connectivity index (χ2v) is 6.43. The molecule has 0 fully saturated rings. The van der Waals surface area contributed by atoms with Crippen molar-refractivity contribution >= 4 is 17.2 Å². The Labute approximate surface area is 158 Å². The number of rotatable bonds is 6. The number of carbonyl (C=O) groups is 1. The quantitative estimate of drug-likeness (QED) is 0.723. The maximum Gasteiger partial charge on any atom is 0.224 e. The highest BCUT2D eigenvalue weighted by molar-refractivity contribution is 5.91. The summed E-state index contributed by atoms with van der Waals surface area (Å²) in [6.07, 6.45) is 0.947. The molecule has 3 aromatic rings. The number of amides is 1. The lowest BCUT2D eigenvalue weighted by molar-refractivity contribution is -0.116. The van der Waals surface area contributed by atoms with Crippen LogP contribution in [0.15, 0.2) is 24.3 Å². The summed E-state index contributed by atoms with van der Waals surface area (Å²) < 4.78 is 12.3. The highest BCUT2D eigenvalue weighted by atomic mass is 16.5. The number of ether oxygens (including phenoxy) is 2. The molecule has 0 atom stereocenters. The largest absolute Gasteiger partial charge is 0.493 e. The average molecular weight is 368 g/mol. The van der Waals surface area contributed by atoms with Gasteiger partial charge in [-0.25, -0.2) is 9.50 Å². The molecule has 7 heteroatoms. The van der Waals surface area contributed by atoms with Crippen LogP contribution in [0.4, 0.5) is 5.69 Å². The van der Waals surface area contributed by atoms with E-state index in [1.54, 1.807) is 32.4 Å². The van der Waals surface area contributed by atoms with Crippen LogP contribution >= 0.6 is 0 Å². The number of anilines is 1. The number of hydrogen-bond donors (Lipinski definition) is 1. The molecule has 0 bridgehead atoms. The number of nitrogens with one attached hydrogen (secondary N) is 1. The fourth-order valence-electron chi connectivity index (χ4n) is 3.18. The summed E-state index contributed by atoms with van der Waals surface area (Å²) >= 11 is 0. The smallest absolute Gasteiger partial charge is 0.224 e. The third-order valence-electron chi connectivity index (χ3n) is 4.56. The monoisotopic (exact) mass is 368 g/mol. The molecule has 1 N–H and O–H groups in total. The van der Waals surface area contributed by atoms with Gasteiger partial charge in [-0.1, -0.05) is 0 Å². The highest BCUT2D eigenvalue weighted by Gasteiger charge is 2.13. The lowest BCUT2D eigenvalue weighted by Crippen LogP contribution is -2.14.